The molecule has 0 bridgehead atoms. The maximum atomic E-state index is 14.4. The fourth-order valence-electron chi connectivity index (χ4n) is 4.27. The number of anilines is 3. The molecule has 4 rings (SSSR count). The lowest BCUT2D eigenvalue weighted by Crippen LogP contribution is -2.44. The van der Waals surface area contributed by atoms with Gasteiger partial charge in [-0.15, -0.1) is 0 Å². The van der Waals surface area contributed by atoms with Gasteiger partial charge in [0.05, 0.1) is 31.3 Å². The number of benzene rings is 2. The predicted molar refractivity (Wildman–Crippen MR) is 132 cm³/mol. The largest absolute Gasteiger partial charge is 0.383 e. The molecule has 2 amide bonds. The Morgan fingerprint density at radius 1 is 1.14 bits per heavy atom. The SMILES string of the molecule is COCCn1c(N)c(N(Cc2ccccc2)C(=O)[C@H]2CC(=O)N(c3ccccc3F)C2)c(=O)[nH]c1=O. The molecular weight excluding hydrogens is 469 g/mol. The van der Waals surface area contributed by atoms with Gasteiger partial charge in [0, 0.05) is 20.1 Å². The molecular formula is C25H26FN5O5. The first-order valence-electron chi connectivity index (χ1n) is 11.3. The fourth-order valence-corrected chi connectivity index (χ4v) is 4.27. The third-order valence-electron chi connectivity index (χ3n) is 6.07. The summed E-state index contributed by atoms with van der Waals surface area (Å²) in [7, 11) is 1.46. The lowest BCUT2D eigenvalue weighted by molar-refractivity contribution is -0.124. The number of rotatable bonds is 8. The lowest BCUT2D eigenvalue weighted by atomic mass is 10.1. The van der Waals surface area contributed by atoms with Crippen LogP contribution in [-0.4, -0.2) is 41.6 Å². The summed E-state index contributed by atoms with van der Waals surface area (Å²) in [6.07, 6.45) is -0.167. The number of carbonyl (C=O) groups excluding carboxylic acids is 2. The summed E-state index contributed by atoms with van der Waals surface area (Å²) in [5, 5.41) is 0. The van der Waals surface area contributed by atoms with E-state index in [1.165, 1.54) is 35.1 Å². The second-order valence-electron chi connectivity index (χ2n) is 8.40. The molecule has 1 aromatic heterocycles. The molecule has 0 radical (unpaired) electrons. The van der Waals surface area contributed by atoms with Crippen LogP contribution < -0.4 is 26.8 Å². The van der Waals surface area contributed by atoms with E-state index in [9.17, 15) is 23.6 Å². The number of nitrogens with zero attached hydrogens (tertiary/aromatic N) is 3. The van der Waals surface area contributed by atoms with Gasteiger partial charge in [-0.25, -0.2) is 9.18 Å². The average Bonchev–Trinajstić information content (AvgIpc) is 3.25. The molecule has 0 aliphatic carbocycles. The Kier molecular flexibility index (Phi) is 7.30. The number of aromatic amines is 1. The van der Waals surface area contributed by atoms with Crippen LogP contribution in [0.15, 0.2) is 64.2 Å². The van der Waals surface area contributed by atoms with Crippen LogP contribution >= 0.6 is 0 Å². The zero-order chi connectivity index (χ0) is 25.8. The Hall–Kier alpha value is -4.25. The molecule has 0 unspecified atom stereocenters. The van der Waals surface area contributed by atoms with Gasteiger partial charge in [-0.05, 0) is 17.7 Å². The van der Waals surface area contributed by atoms with Crippen LogP contribution in [-0.2, 0) is 27.4 Å². The minimum atomic E-state index is -0.862. The maximum Gasteiger partial charge on any atom is 0.330 e. The monoisotopic (exact) mass is 495 g/mol. The summed E-state index contributed by atoms with van der Waals surface area (Å²) >= 11 is 0. The van der Waals surface area contributed by atoms with E-state index in [0.29, 0.717) is 5.56 Å². The molecule has 1 fully saturated rings. The normalized spacial score (nSPS) is 15.3. The van der Waals surface area contributed by atoms with Crippen LogP contribution in [0.3, 0.4) is 0 Å². The Balaban J connectivity index is 1.74. The third kappa shape index (κ3) is 4.91. The minimum absolute atomic E-state index is 0.0280. The van der Waals surface area contributed by atoms with Gasteiger partial charge in [0.15, 0.2) is 5.69 Å². The average molecular weight is 496 g/mol. The third-order valence-corrected chi connectivity index (χ3v) is 6.07. The maximum absolute atomic E-state index is 14.4. The van der Waals surface area contributed by atoms with E-state index in [-0.39, 0.29) is 49.9 Å². The van der Waals surface area contributed by atoms with Crippen LogP contribution in [0.5, 0.6) is 0 Å². The highest BCUT2D eigenvalue weighted by atomic mass is 19.1. The van der Waals surface area contributed by atoms with Crippen molar-refractivity contribution >= 4 is 29.0 Å². The highest BCUT2D eigenvalue weighted by Gasteiger charge is 2.39. The summed E-state index contributed by atoms with van der Waals surface area (Å²) in [6, 6.07) is 14.7. The molecule has 0 saturated carbocycles. The number of halogens is 1. The summed E-state index contributed by atoms with van der Waals surface area (Å²) in [5.41, 5.74) is 5.28. The Bertz CT molecular complexity index is 1390. The Morgan fingerprint density at radius 2 is 1.83 bits per heavy atom. The standard InChI is InChI=1S/C25H26FN5O5/c1-36-12-11-29-22(27)21(23(33)28-25(29)35)31(14-16-7-3-2-4-8-16)24(34)17-13-20(32)30(15-17)19-10-6-5-9-18(19)26/h2-10,17H,11-15,27H2,1H3,(H,28,33,35)/t17-/m0/s1. The van der Waals surface area contributed by atoms with E-state index in [0.717, 1.165) is 4.57 Å². The van der Waals surface area contributed by atoms with Crippen molar-refractivity contribution in [2.45, 2.75) is 19.5 Å². The number of H-pyrrole nitrogens is 1. The van der Waals surface area contributed by atoms with Gasteiger partial charge < -0.3 is 15.4 Å². The number of ether oxygens (including phenoxy) is 1. The van der Waals surface area contributed by atoms with Gasteiger partial charge >= 0.3 is 5.69 Å². The van der Waals surface area contributed by atoms with E-state index in [1.807, 2.05) is 6.07 Å². The quantitative estimate of drug-likeness (QED) is 0.487. The van der Waals surface area contributed by atoms with Gasteiger partial charge in [0.25, 0.3) is 5.56 Å². The van der Waals surface area contributed by atoms with Gasteiger partial charge in [0.1, 0.15) is 11.6 Å². The van der Waals surface area contributed by atoms with E-state index in [2.05, 4.69) is 4.98 Å². The van der Waals surface area contributed by atoms with Crippen molar-refractivity contribution in [3.05, 3.63) is 86.8 Å². The van der Waals surface area contributed by atoms with Gasteiger partial charge in [-0.3, -0.25) is 28.8 Å². The van der Waals surface area contributed by atoms with Crippen molar-refractivity contribution in [1.29, 1.82) is 0 Å². The molecule has 3 aromatic rings. The van der Waals surface area contributed by atoms with Crippen molar-refractivity contribution in [2.24, 2.45) is 5.92 Å². The Morgan fingerprint density at radius 3 is 2.53 bits per heavy atom. The number of aromatic nitrogens is 2. The molecule has 36 heavy (non-hydrogen) atoms. The number of methoxy groups -OCH3 is 1. The number of para-hydroxylation sites is 1. The summed E-state index contributed by atoms with van der Waals surface area (Å²) in [5.74, 6) is -2.59. The number of hydrogen-bond acceptors (Lipinski definition) is 6. The molecule has 0 spiro atoms. The predicted octanol–water partition coefficient (Wildman–Crippen LogP) is 1.49. The molecule has 1 aliphatic heterocycles. The second-order valence-corrected chi connectivity index (χ2v) is 8.40. The number of nitrogens with two attached hydrogens (primary N) is 1. The van der Waals surface area contributed by atoms with Gasteiger partial charge in [-0.2, -0.15) is 0 Å². The summed E-state index contributed by atoms with van der Waals surface area (Å²) in [4.78, 5) is 56.5. The number of hydrogen-bond donors (Lipinski definition) is 2. The first-order chi connectivity index (χ1) is 17.3. The zero-order valence-electron chi connectivity index (χ0n) is 19.6. The van der Waals surface area contributed by atoms with Crippen LogP contribution in [0.4, 0.5) is 21.6 Å². The lowest BCUT2D eigenvalue weighted by Gasteiger charge is -2.27. The highest BCUT2D eigenvalue weighted by molar-refractivity contribution is 6.05. The summed E-state index contributed by atoms with van der Waals surface area (Å²) < 4.78 is 20.5. The molecule has 2 heterocycles. The van der Waals surface area contributed by atoms with Crippen LogP contribution in [0, 0.1) is 11.7 Å². The van der Waals surface area contributed by atoms with Gasteiger partial charge in [-0.1, -0.05) is 42.5 Å². The molecule has 188 valence electrons. The van der Waals surface area contributed by atoms with E-state index < -0.39 is 34.8 Å². The van der Waals surface area contributed by atoms with Crippen molar-refractivity contribution in [2.75, 3.05) is 35.8 Å². The number of nitrogen functional groups attached to an aromatic ring is 1. The van der Waals surface area contributed by atoms with Crippen molar-refractivity contribution in [3.63, 3.8) is 0 Å². The van der Waals surface area contributed by atoms with Crippen molar-refractivity contribution < 1.29 is 18.7 Å². The van der Waals surface area contributed by atoms with E-state index in [1.54, 1.807) is 30.3 Å². The number of nitrogens with one attached hydrogen (secondary N) is 1. The zero-order valence-corrected chi connectivity index (χ0v) is 19.6. The van der Waals surface area contributed by atoms with Crippen LogP contribution in [0.25, 0.3) is 0 Å². The first-order valence-corrected chi connectivity index (χ1v) is 11.3. The minimum Gasteiger partial charge on any atom is -0.383 e. The molecule has 1 saturated heterocycles. The highest BCUT2D eigenvalue weighted by Crippen LogP contribution is 2.30. The van der Waals surface area contributed by atoms with Crippen molar-refractivity contribution in [1.82, 2.24) is 9.55 Å². The molecule has 2 aromatic carbocycles. The first kappa shape index (κ1) is 24.9. The van der Waals surface area contributed by atoms with Crippen molar-refractivity contribution in [3.8, 4) is 0 Å². The fraction of sp³-hybridized carbons (Fsp3) is 0.280. The van der Waals surface area contributed by atoms with Crippen LogP contribution in [0.2, 0.25) is 0 Å². The van der Waals surface area contributed by atoms with Gasteiger partial charge in [0.2, 0.25) is 11.8 Å². The number of amides is 2. The molecule has 11 heteroatoms. The Labute approximate surface area is 205 Å². The molecule has 3 N–H and O–H groups in total. The smallest absolute Gasteiger partial charge is 0.330 e. The molecule has 1 atom stereocenters. The van der Waals surface area contributed by atoms with E-state index >= 15 is 0 Å². The topological polar surface area (TPSA) is 131 Å². The summed E-state index contributed by atoms with van der Waals surface area (Å²) in [6.45, 7) is 0.114. The second kappa shape index (κ2) is 10.6. The number of carbonyl (C=O) groups is 2. The van der Waals surface area contributed by atoms with E-state index in [4.69, 9.17) is 10.5 Å². The van der Waals surface area contributed by atoms with Crippen LogP contribution in [0.1, 0.15) is 12.0 Å². The molecule has 10 nitrogen and oxygen atoms in total. The molecule has 1 aliphatic rings.